The summed E-state index contributed by atoms with van der Waals surface area (Å²) in [7, 11) is 1.53. The predicted octanol–water partition coefficient (Wildman–Crippen LogP) is 5.41. The van der Waals surface area contributed by atoms with Crippen molar-refractivity contribution in [3.63, 3.8) is 0 Å². The Labute approximate surface area is 183 Å². The van der Waals surface area contributed by atoms with Gasteiger partial charge < -0.3 is 14.2 Å². The number of hydrogen-bond donors (Lipinski definition) is 0. The second-order valence-electron chi connectivity index (χ2n) is 6.68. The normalized spacial score (nSPS) is 14.4. The molecule has 7 heteroatoms. The van der Waals surface area contributed by atoms with Crippen molar-refractivity contribution >= 4 is 29.5 Å². The minimum atomic E-state index is -0.612. The molecule has 156 valence electrons. The van der Waals surface area contributed by atoms with Crippen molar-refractivity contribution in [1.29, 1.82) is 0 Å². The maximum absolute atomic E-state index is 13.4. The number of methoxy groups -OCH3 is 1. The zero-order chi connectivity index (χ0) is 21.8. The molecule has 0 aromatic heterocycles. The van der Waals surface area contributed by atoms with Crippen LogP contribution in [0.1, 0.15) is 16.7 Å². The summed E-state index contributed by atoms with van der Waals surface area (Å²) < 4.78 is 29.9. The van der Waals surface area contributed by atoms with Gasteiger partial charge in [-0.1, -0.05) is 35.9 Å². The van der Waals surface area contributed by atoms with E-state index in [0.717, 1.165) is 5.56 Å². The van der Waals surface area contributed by atoms with Gasteiger partial charge in [0.1, 0.15) is 12.4 Å². The van der Waals surface area contributed by atoms with Crippen LogP contribution in [0.4, 0.5) is 4.39 Å². The third-order valence-corrected chi connectivity index (χ3v) is 4.70. The van der Waals surface area contributed by atoms with Crippen LogP contribution in [-0.2, 0) is 16.1 Å². The maximum Gasteiger partial charge on any atom is 0.363 e. The first-order chi connectivity index (χ1) is 15.0. The van der Waals surface area contributed by atoms with E-state index in [4.69, 9.17) is 25.8 Å². The van der Waals surface area contributed by atoms with Crippen LogP contribution in [0, 0.1) is 5.82 Å². The van der Waals surface area contributed by atoms with Gasteiger partial charge in [-0.05, 0) is 59.7 Å². The summed E-state index contributed by atoms with van der Waals surface area (Å²) in [5.41, 5.74) is 2.09. The molecular weight excluding hydrogens is 421 g/mol. The fourth-order valence-corrected chi connectivity index (χ4v) is 3.21. The molecule has 0 atom stereocenters. The zero-order valence-corrected chi connectivity index (χ0v) is 17.2. The third kappa shape index (κ3) is 4.92. The van der Waals surface area contributed by atoms with E-state index in [2.05, 4.69) is 4.99 Å². The quantitative estimate of drug-likeness (QED) is 0.382. The average Bonchev–Trinajstić information content (AvgIpc) is 3.13. The number of halogens is 2. The lowest BCUT2D eigenvalue weighted by atomic mass is 10.1. The second kappa shape index (κ2) is 9.02. The molecule has 0 bridgehead atoms. The Kier molecular flexibility index (Phi) is 6.00. The molecule has 31 heavy (non-hydrogen) atoms. The summed E-state index contributed by atoms with van der Waals surface area (Å²) >= 11 is 6.00. The van der Waals surface area contributed by atoms with E-state index in [1.807, 2.05) is 18.2 Å². The number of cyclic esters (lactones) is 1. The number of carbonyl (C=O) groups is 1. The van der Waals surface area contributed by atoms with Gasteiger partial charge in [-0.3, -0.25) is 0 Å². The van der Waals surface area contributed by atoms with Crippen LogP contribution in [-0.4, -0.2) is 19.0 Å². The molecule has 0 amide bonds. The van der Waals surface area contributed by atoms with Gasteiger partial charge in [-0.25, -0.2) is 14.2 Å². The monoisotopic (exact) mass is 437 g/mol. The third-order valence-electron chi connectivity index (χ3n) is 4.47. The van der Waals surface area contributed by atoms with Crippen LogP contribution in [0.5, 0.6) is 11.5 Å². The van der Waals surface area contributed by atoms with Crippen molar-refractivity contribution in [2.75, 3.05) is 7.11 Å². The van der Waals surface area contributed by atoms with Crippen molar-refractivity contribution in [2.45, 2.75) is 6.61 Å². The number of benzene rings is 3. The number of hydrogen-bond acceptors (Lipinski definition) is 5. The Morgan fingerprint density at radius 3 is 2.68 bits per heavy atom. The number of carbonyl (C=O) groups excluding carboxylic acids is 1. The van der Waals surface area contributed by atoms with Gasteiger partial charge >= 0.3 is 5.97 Å². The standard InChI is InChI=1S/C24H17ClFNO4/c1-29-22-12-15(8-9-21(22)30-14-16-4-2-6-18(25)10-16)11-20-24(28)31-23(27-20)17-5-3-7-19(26)13-17/h2-13H,14H2,1H3/b20-11-. The van der Waals surface area contributed by atoms with E-state index in [9.17, 15) is 9.18 Å². The van der Waals surface area contributed by atoms with Crippen molar-refractivity contribution in [3.8, 4) is 11.5 Å². The molecule has 0 spiro atoms. The van der Waals surface area contributed by atoms with Gasteiger partial charge in [0.15, 0.2) is 17.2 Å². The molecule has 4 rings (SSSR count). The van der Waals surface area contributed by atoms with E-state index >= 15 is 0 Å². The molecule has 0 fully saturated rings. The summed E-state index contributed by atoms with van der Waals surface area (Å²) in [6, 6.07) is 18.3. The topological polar surface area (TPSA) is 57.1 Å². The Morgan fingerprint density at radius 1 is 1.06 bits per heavy atom. The highest BCUT2D eigenvalue weighted by atomic mass is 35.5. The summed E-state index contributed by atoms with van der Waals surface area (Å²) in [4.78, 5) is 16.4. The number of rotatable bonds is 6. The SMILES string of the molecule is COc1cc(/C=C2\N=C(c3cccc(F)c3)OC2=O)ccc1OCc1cccc(Cl)c1. The Balaban J connectivity index is 1.54. The molecule has 0 saturated carbocycles. The minimum Gasteiger partial charge on any atom is -0.493 e. The van der Waals surface area contributed by atoms with Crippen molar-refractivity contribution in [2.24, 2.45) is 4.99 Å². The lowest BCUT2D eigenvalue weighted by Gasteiger charge is -2.11. The highest BCUT2D eigenvalue weighted by Crippen LogP contribution is 2.30. The van der Waals surface area contributed by atoms with Crippen LogP contribution >= 0.6 is 11.6 Å². The summed E-state index contributed by atoms with van der Waals surface area (Å²) in [6.07, 6.45) is 1.57. The number of aliphatic imine (C=N–C) groups is 1. The first-order valence-corrected chi connectivity index (χ1v) is 9.73. The predicted molar refractivity (Wildman–Crippen MR) is 116 cm³/mol. The van der Waals surface area contributed by atoms with Crippen molar-refractivity contribution < 1.29 is 23.4 Å². The summed E-state index contributed by atoms with van der Waals surface area (Å²) in [6.45, 7) is 0.324. The van der Waals surface area contributed by atoms with E-state index in [-0.39, 0.29) is 11.6 Å². The van der Waals surface area contributed by atoms with E-state index in [1.54, 1.807) is 36.4 Å². The summed E-state index contributed by atoms with van der Waals surface area (Å²) in [5.74, 6) is 0.0510. The van der Waals surface area contributed by atoms with Gasteiger partial charge in [0.05, 0.1) is 7.11 Å². The van der Waals surface area contributed by atoms with Crippen molar-refractivity contribution in [1.82, 2.24) is 0 Å². The fourth-order valence-electron chi connectivity index (χ4n) is 2.99. The molecule has 3 aromatic carbocycles. The van der Waals surface area contributed by atoms with Crippen molar-refractivity contribution in [3.05, 3.63) is 100.0 Å². The van der Waals surface area contributed by atoms with Crippen LogP contribution in [0.3, 0.4) is 0 Å². The first-order valence-electron chi connectivity index (χ1n) is 9.35. The van der Waals surface area contributed by atoms with E-state index in [0.29, 0.717) is 34.3 Å². The zero-order valence-electron chi connectivity index (χ0n) is 16.5. The van der Waals surface area contributed by atoms with Crippen LogP contribution in [0.25, 0.3) is 6.08 Å². The fraction of sp³-hybridized carbons (Fsp3) is 0.0833. The lowest BCUT2D eigenvalue weighted by Crippen LogP contribution is -2.05. The Morgan fingerprint density at radius 2 is 1.90 bits per heavy atom. The van der Waals surface area contributed by atoms with Gasteiger partial charge in [0, 0.05) is 10.6 Å². The van der Waals surface area contributed by atoms with Gasteiger partial charge in [0.25, 0.3) is 0 Å². The van der Waals surface area contributed by atoms with Gasteiger partial charge in [-0.15, -0.1) is 0 Å². The molecular formula is C24H17ClFNO4. The Bertz CT molecular complexity index is 1210. The van der Waals surface area contributed by atoms with E-state index in [1.165, 1.54) is 25.3 Å². The van der Waals surface area contributed by atoms with Gasteiger partial charge in [-0.2, -0.15) is 0 Å². The van der Waals surface area contributed by atoms with Crippen LogP contribution in [0.2, 0.25) is 5.02 Å². The first kappa shape index (κ1) is 20.6. The molecule has 0 unspecified atom stereocenters. The molecule has 0 radical (unpaired) electrons. The highest BCUT2D eigenvalue weighted by molar-refractivity contribution is 6.30. The molecule has 0 N–H and O–H groups in total. The smallest absolute Gasteiger partial charge is 0.363 e. The molecule has 1 aliphatic heterocycles. The lowest BCUT2D eigenvalue weighted by molar-refractivity contribution is -0.129. The maximum atomic E-state index is 13.4. The number of esters is 1. The van der Waals surface area contributed by atoms with Crippen LogP contribution in [0.15, 0.2) is 77.4 Å². The second-order valence-corrected chi connectivity index (χ2v) is 7.11. The van der Waals surface area contributed by atoms with Crippen LogP contribution < -0.4 is 9.47 Å². The minimum absolute atomic E-state index is 0.0594. The molecule has 0 saturated heterocycles. The number of nitrogens with zero attached hydrogens (tertiary/aromatic N) is 1. The number of ether oxygens (including phenoxy) is 3. The molecule has 1 heterocycles. The van der Waals surface area contributed by atoms with E-state index < -0.39 is 11.8 Å². The largest absolute Gasteiger partial charge is 0.493 e. The highest BCUT2D eigenvalue weighted by Gasteiger charge is 2.24. The molecule has 1 aliphatic rings. The Hall–Kier alpha value is -3.64. The molecule has 0 aliphatic carbocycles. The molecule has 3 aromatic rings. The molecule has 5 nitrogen and oxygen atoms in total. The van der Waals surface area contributed by atoms with Gasteiger partial charge in [0.2, 0.25) is 5.90 Å². The summed E-state index contributed by atoms with van der Waals surface area (Å²) in [5, 5.41) is 0.636. The average molecular weight is 438 g/mol.